The minimum atomic E-state index is -0.0306. The van der Waals surface area contributed by atoms with Crippen LogP contribution in [0.4, 0.5) is 0 Å². The Hall–Kier alpha value is -2.30. The van der Waals surface area contributed by atoms with Crippen LogP contribution in [0.2, 0.25) is 0 Å². The fraction of sp³-hybridized carbons (Fsp3) is 0.500. The lowest BCUT2D eigenvalue weighted by Crippen LogP contribution is -2.37. The zero-order valence-electron chi connectivity index (χ0n) is 16.2. The number of hydrogen-bond donors (Lipinski definition) is 2. The average molecular weight is 342 g/mol. The number of benzene rings is 1. The Labute approximate surface area is 151 Å². The molecule has 0 radical (unpaired) electrons. The third-order valence-electron chi connectivity index (χ3n) is 3.91. The SMILES string of the molecule is CN=C(NCCc1cc(C)cc(C)c1)NCc1ncc(C(C)(C)C)o1. The molecule has 25 heavy (non-hydrogen) atoms. The standard InChI is InChI=1S/C20H30N4O/c1-14-9-15(2)11-16(10-14)7-8-22-19(21-6)24-13-18-23-12-17(25-18)20(3,4)5/h9-12H,7-8,13H2,1-6H3,(H2,21,22,24). The molecule has 2 rings (SSSR count). The van der Waals surface area contributed by atoms with Crippen LogP contribution in [0.25, 0.3) is 0 Å². The van der Waals surface area contributed by atoms with E-state index in [1.165, 1.54) is 16.7 Å². The molecule has 2 aromatic rings. The number of aliphatic imine (C=N–C) groups is 1. The molecule has 1 heterocycles. The first kappa shape index (κ1) is 19.0. The van der Waals surface area contributed by atoms with Crippen molar-refractivity contribution in [2.75, 3.05) is 13.6 Å². The van der Waals surface area contributed by atoms with Crippen LogP contribution in [-0.2, 0) is 18.4 Å². The lowest BCUT2D eigenvalue weighted by molar-refractivity contribution is 0.379. The molecule has 0 spiro atoms. The monoisotopic (exact) mass is 342 g/mol. The molecule has 0 unspecified atom stereocenters. The van der Waals surface area contributed by atoms with Gasteiger partial charge in [0.1, 0.15) is 5.76 Å². The van der Waals surface area contributed by atoms with Crippen LogP contribution in [0.15, 0.2) is 33.8 Å². The summed E-state index contributed by atoms with van der Waals surface area (Å²) in [5.41, 5.74) is 3.91. The van der Waals surface area contributed by atoms with Gasteiger partial charge in [0.2, 0.25) is 5.89 Å². The molecule has 5 heteroatoms. The molecule has 2 N–H and O–H groups in total. The van der Waals surface area contributed by atoms with Gasteiger partial charge in [-0.25, -0.2) is 4.98 Å². The van der Waals surface area contributed by atoms with Crippen molar-refractivity contribution in [3.05, 3.63) is 52.7 Å². The number of guanidine groups is 1. The second-order valence-corrected chi connectivity index (χ2v) is 7.47. The first-order chi connectivity index (χ1) is 11.8. The smallest absolute Gasteiger partial charge is 0.213 e. The first-order valence-corrected chi connectivity index (χ1v) is 8.75. The fourth-order valence-corrected chi connectivity index (χ4v) is 2.66. The van der Waals surface area contributed by atoms with Crippen LogP contribution in [-0.4, -0.2) is 24.5 Å². The van der Waals surface area contributed by atoms with Crippen molar-refractivity contribution in [2.45, 2.75) is 53.0 Å². The topological polar surface area (TPSA) is 62.5 Å². The van der Waals surface area contributed by atoms with Gasteiger partial charge in [-0.3, -0.25) is 4.99 Å². The number of aryl methyl sites for hydroxylation is 2. The highest BCUT2D eigenvalue weighted by Gasteiger charge is 2.19. The number of oxazole rings is 1. The summed E-state index contributed by atoms with van der Waals surface area (Å²) in [7, 11) is 1.77. The van der Waals surface area contributed by atoms with E-state index in [1.54, 1.807) is 13.2 Å². The van der Waals surface area contributed by atoms with Gasteiger partial charge in [-0.2, -0.15) is 0 Å². The van der Waals surface area contributed by atoms with Crippen molar-refractivity contribution in [1.29, 1.82) is 0 Å². The Kier molecular flexibility index (Phi) is 6.23. The van der Waals surface area contributed by atoms with Crippen molar-refractivity contribution >= 4 is 5.96 Å². The van der Waals surface area contributed by atoms with Gasteiger partial charge >= 0.3 is 0 Å². The summed E-state index contributed by atoms with van der Waals surface area (Å²) >= 11 is 0. The second-order valence-electron chi connectivity index (χ2n) is 7.47. The van der Waals surface area contributed by atoms with Crippen molar-refractivity contribution in [3.8, 4) is 0 Å². The maximum atomic E-state index is 5.79. The van der Waals surface area contributed by atoms with E-state index in [1.807, 2.05) is 0 Å². The van der Waals surface area contributed by atoms with E-state index in [9.17, 15) is 0 Å². The number of hydrogen-bond acceptors (Lipinski definition) is 3. The average Bonchev–Trinajstić information content (AvgIpc) is 2.99. The summed E-state index contributed by atoms with van der Waals surface area (Å²) in [5.74, 6) is 2.31. The molecule has 0 amide bonds. The fourth-order valence-electron chi connectivity index (χ4n) is 2.66. The maximum Gasteiger partial charge on any atom is 0.213 e. The van der Waals surface area contributed by atoms with Crippen LogP contribution in [0, 0.1) is 13.8 Å². The summed E-state index contributed by atoms with van der Waals surface area (Å²) in [5, 5.41) is 6.58. The molecule has 0 saturated heterocycles. The predicted octanol–water partition coefficient (Wildman–Crippen LogP) is 3.50. The van der Waals surface area contributed by atoms with E-state index in [0.29, 0.717) is 12.4 Å². The molecule has 0 saturated carbocycles. The van der Waals surface area contributed by atoms with Gasteiger partial charge in [0.05, 0.1) is 12.7 Å². The van der Waals surface area contributed by atoms with Gasteiger partial charge in [-0.05, 0) is 25.8 Å². The van der Waals surface area contributed by atoms with Crippen LogP contribution >= 0.6 is 0 Å². The van der Waals surface area contributed by atoms with Gasteiger partial charge in [0.25, 0.3) is 0 Å². The third-order valence-corrected chi connectivity index (χ3v) is 3.91. The molecule has 136 valence electrons. The van der Waals surface area contributed by atoms with Crippen LogP contribution in [0.3, 0.4) is 0 Å². The number of nitrogens with one attached hydrogen (secondary N) is 2. The molecule has 0 aliphatic heterocycles. The molecule has 1 aromatic heterocycles. The van der Waals surface area contributed by atoms with E-state index < -0.39 is 0 Å². The molecule has 0 aliphatic rings. The van der Waals surface area contributed by atoms with Gasteiger partial charge < -0.3 is 15.1 Å². The summed E-state index contributed by atoms with van der Waals surface area (Å²) < 4.78 is 5.79. The van der Waals surface area contributed by atoms with E-state index in [-0.39, 0.29) is 5.41 Å². The Morgan fingerprint density at radius 1 is 1.12 bits per heavy atom. The van der Waals surface area contributed by atoms with Gasteiger partial charge in [0, 0.05) is 19.0 Å². The highest BCUT2D eigenvalue weighted by atomic mass is 16.4. The molecular weight excluding hydrogens is 312 g/mol. The van der Waals surface area contributed by atoms with Crippen LogP contribution < -0.4 is 10.6 Å². The molecule has 0 fully saturated rings. The number of rotatable bonds is 5. The lowest BCUT2D eigenvalue weighted by atomic mass is 9.94. The summed E-state index contributed by atoms with van der Waals surface area (Å²) in [6.07, 6.45) is 2.75. The molecule has 0 aliphatic carbocycles. The second kappa shape index (κ2) is 8.19. The Morgan fingerprint density at radius 3 is 2.36 bits per heavy atom. The summed E-state index contributed by atoms with van der Waals surface area (Å²) in [6.45, 7) is 11.9. The Balaban J connectivity index is 1.82. The summed E-state index contributed by atoms with van der Waals surface area (Å²) in [4.78, 5) is 8.57. The van der Waals surface area contributed by atoms with Crippen LogP contribution in [0.5, 0.6) is 0 Å². The first-order valence-electron chi connectivity index (χ1n) is 8.75. The number of nitrogens with zero attached hydrogens (tertiary/aromatic N) is 2. The van der Waals surface area contributed by atoms with Gasteiger partial charge in [0.15, 0.2) is 5.96 Å². The largest absolute Gasteiger partial charge is 0.443 e. The normalized spacial score (nSPS) is 12.3. The van der Waals surface area contributed by atoms with E-state index in [0.717, 1.165) is 24.7 Å². The predicted molar refractivity (Wildman–Crippen MR) is 103 cm³/mol. The van der Waals surface area contributed by atoms with Gasteiger partial charge in [-0.1, -0.05) is 50.1 Å². The zero-order valence-corrected chi connectivity index (χ0v) is 16.2. The highest BCUT2D eigenvalue weighted by Crippen LogP contribution is 2.22. The summed E-state index contributed by atoms with van der Waals surface area (Å²) in [6, 6.07) is 6.65. The molecule has 5 nitrogen and oxygen atoms in total. The van der Waals surface area contributed by atoms with Crippen molar-refractivity contribution in [1.82, 2.24) is 15.6 Å². The Morgan fingerprint density at radius 2 is 1.80 bits per heavy atom. The van der Waals surface area contributed by atoms with Crippen molar-refractivity contribution in [2.24, 2.45) is 4.99 Å². The maximum absolute atomic E-state index is 5.79. The molecule has 0 atom stereocenters. The van der Waals surface area contributed by atoms with Crippen molar-refractivity contribution in [3.63, 3.8) is 0 Å². The Bertz CT molecular complexity index is 705. The molecule has 0 bridgehead atoms. The minimum Gasteiger partial charge on any atom is -0.443 e. The zero-order chi connectivity index (χ0) is 18.4. The molecule has 1 aromatic carbocycles. The van der Waals surface area contributed by atoms with Crippen molar-refractivity contribution < 1.29 is 4.42 Å². The lowest BCUT2D eigenvalue weighted by Gasteiger charge is -2.13. The van der Waals surface area contributed by atoms with E-state index in [2.05, 4.69) is 73.4 Å². The highest BCUT2D eigenvalue weighted by molar-refractivity contribution is 5.79. The van der Waals surface area contributed by atoms with Gasteiger partial charge in [-0.15, -0.1) is 0 Å². The minimum absolute atomic E-state index is 0.0306. The quantitative estimate of drug-likeness (QED) is 0.645. The number of aromatic nitrogens is 1. The van der Waals surface area contributed by atoms with E-state index >= 15 is 0 Å². The molecular formula is C20H30N4O. The third kappa shape index (κ3) is 5.93. The van der Waals surface area contributed by atoms with Crippen LogP contribution in [0.1, 0.15) is 49.1 Å². The van der Waals surface area contributed by atoms with E-state index in [4.69, 9.17) is 4.42 Å².